The number of thiophene rings is 1. The summed E-state index contributed by atoms with van der Waals surface area (Å²) in [6.45, 7) is 1.26. The van der Waals surface area contributed by atoms with E-state index in [1.54, 1.807) is 6.07 Å². The molecule has 1 rings (SSSR count). The predicted octanol–water partition coefficient (Wildman–Crippen LogP) is 1.62. The van der Waals surface area contributed by atoms with Gasteiger partial charge in [-0.3, -0.25) is 4.79 Å². The lowest BCUT2D eigenvalue weighted by atomic mass is 10.0. The number of ether oxygens (including phenoxy) is 1. The first kappa shape index (κ1) is 14.0. The number of nitrogens with one attached hydrogen (secondary N) is 1. The average molecular weight is 278 g/mol. The molecule has 0 bridgehead atoms. The van der Waals surface area contributed by atoms with E-state index < -0.39 is 17.4 Å². The second-order valence-corrected chi connectivity index (χ2v) is 5.34. The van der Waals surface area contributed by atoms with Gasteiger partial charge in [-0.1, -0.05) is 11.6 Å². The predicted molar refractivity (Wildman–Crippen MR) is 64.7 cm³/mol. The van der Waals surface area contributed by atoms with Gasteiger partial charge in [0, 0.05) is 7.11 Å². The lowest BCUT2D eigenvalue weighted by Crippen LogP contribution is -2.55. The Hall–Kier alpha value is -1.11. The van der Waals surface area contributed by atoms with Crippen molar-refractivity contribution in [2.75, 3.05) is 13.7 Å². The maximum Gasteiger partial charge on any atom is 0.331 e. The molecular formula is C10H12ClNO4S. The molecule has 0 aliphatic rings. The van der Waals surface area contributed by atoms with Crippen LogP contribution in [0.25, 0.3) is 0 Å². The first-order chi connectivity index (χ1) is 7.89. The molecule has 0 aliphatic carbocycles. The third kappa shape index (κ3) is 3.42. The van der Waals surface area contributed by atoms with Crippen molar-refractivity contribution >= 4 is 34.8 Å². The lowest BCUT2D eigenvalue weighted by Gasteiger charge is -2.24. The Kier molecular flexibility index (Phi) is 4.50. The van der Waals surface area contributed by atoms with Crippen molar-refractivity contribution in [1.29, 1.82) is 0 Å². The molecule has 94 valence electrons. The van der Waals surface area contributed by atoms with Gasteiger partial charge in [0.25, 0.3) is 5.91 Å². The summed E-state index contributed by atoms with van der Waals surface area (Å²) in [6.07, 6.45) is 0. The Morgan fingerprint density at radius 2 is 2.24 bits per heavy atom. The number of rotatable bonds is 5. The Balaban J connectivity index is 2.81. The largest absolute Gasteiger partial charge is 0.479 e. The summed E-state index contributed by atoms with van der Waals surface area (Å²) >= 11 is 6.78. The van der Waals surface area contributed by atoms with Crippen molar-refractivity contribution in [3.63, 3.8) is 0 Å². The lowest BCUT2D eigenvalue weighted by molar-refractivity contribution is -0.145. The van der Waals surface area contributed by atoms with E-state index in [1.807, 2.05) is 0 Å². The van der Waals surface area contributed by atoms with Crippen molar-refractivity contribution in [2.24, 2.45) is 0 Å². The minimum Gasteiger partial charge on any atom is -0.479 e. The molecule has 0 saturated carbocycles. The molecule has 1 aromatic rings. The SMILES string of the molecule is COCC(C)(NC(=O)c1ccc(Cl)s1)C(=O)O. The normalized spacial score (nSPS) is 14.1. The van der Waals surface area contributed by atoms with E-state index in [9.17, 15) is 9.59 Å². The minimum absolute atomic E-state index is 0.118. The van der Waals surface area contributed by atoms with Gasteiger partial charge in [-0.05, 0) is 19.1 Å². The first-order valence-electron chi connectivity index (χ1n) is 4.69. The quantitative estimate of drug-likeness (QED) is 0.858. The number of carboxylic acids is 1. The Labute approximate surface area is 107 Å². The van der Waals surface area contributed by atoms with Crippen molar-refractivity contribution in [2.45, 2.75) is 12.5 Å². The molecule has 0 fully saturated rings. The van der Waals surface area contributed by atoms with Crippen LogP contribution in [0.2, 0.25) is 4.34 Å². The van der Waals surface area contributed by atoms with Crippen LogP contribution in [-0.2, 0) is 9.53 Å². The first-order valence-corrected chi connectivity index (χ1v) is 5.88. The fourth-order valence-electron chi connectivity index (χ4n) is 1.19. The monoisotopic (exact) mass is 277 g/mol. The van der Waals surface area contributed by atoms with Gasteiger partial charge >= 0.3 is 5.97 Å². The van der Waals surface area contributed by atoms with Crippen molar-refractivity contribution in [3.05, 3.63) is 21.3 Å². The summed E-state index contributed by atoms with van der Waals surface area (Å²) in [5.74, 6) is -1.64. The number of halogens is 1. The highest BCUT2D eigenvalue weighted by atomic mass is 35.5. The van der Waals surface area contributed by atoms with Gasteiger partial charge in [-0.15, -0.1) is 11.3 Å². The Morgan fingerprint density at radius 3 is 2.65 bits per heavy atom. The summed E-state index contributed by atoms with van der Waals surface area (Å²) < 4.78 is 5.26. The average Bonchev–Trinajstić information content (AvgIpc) is 2.65. The molecule has 17 heavy (non-hydrogen) atoms. The second kappa shape index (κ2) is 5.48. The van der Waals surface area contributed by atoms with Crippen LogP contribution in [0.3, 0.4) is 0 Å². The highest BCUT2D eigenvalue weighted by molar-refractivity contribution is 7.18. The van der Waals surface area contributed by atoms with Crippen LogP contribution in [0.5, 0.6) is 0 Å². The zero-order valence-electron chi connectivity index (χ0n) is 9.32. The fourth-order valence-corrected chi connectivity index (χ4v) is 2.13. The number of carboxylic acid groups (broad SMARTS) is 1. The van der Waals surface area contributed by atoms with Gasteiger partial charge in [-0.2, -0.15) is 0 Å². The molecule has 0 spiro atoms. The Bertz CT molecular complexity index is 434. The highest BCUT2D eigenvalue weighted by Crippen LogP contribution is 2.21. The number of carbonyl (C=O) groups excluding carboxylic acids is 1. The highest BCUT2D eigenvalue weighted by Gasteiger charge is 2.35. The molecule has 0 aliphatic heterocycles. The third-order valence-electron chi connectivity index (χ3n) is 2.09. The van der Waals surface area contributed by atoms with E-state index in [-0.39, 0.29) is 6.61 Å². The molecule has 0 aromatic carbocycles. The summed E-state index contributed by atoms with van der Waals surface area (Å²) in [5, 5.41) is 11.5. The molecule has 1 aromatic heterocycles. The van der Waals surface area contributed by atoms with Crippen molar-refractivity contribution < 1.29 is 19.4 Å². The minimum atomic E-state index is -1.46. The van der Waals surface area contributed by atoms with Gasteiger partial charge < -0.3 is 15.2 Å². The number of aliphatic carboxylic acids is 1. The smallest absolute Gasteiger partial charge is 0.331 e. The molecule has 1 amide bonds. The zero-order valence-corrected chi connectivity index (χ0v) is 10.9. The van der Waals surface area contributed by atoms with Crippen LogP contribution in [0.15, 0.2) is 12.1 Å². The number of hydrogen-bond donors (Lipinski definition) is 2. The number of carbonyl (C=O) groups is 2. The molecular weight excluding hydrogens is 266 g/mol. The summed E-state index contributed by atoms with van der Waals surface area (Å²) in [7, 11) is 1.37. The third-order valence-corrected chi connectivity index (χ3v) is 3.32. The van der Waals surface area contributed by atoms with Crippen LogP contribution in [0.4, 0.5) is 0 Å². The summed E-state index contributed by atoms with van der Waals surface area (Å²) in [4.78, 5) is 23.2. The molecule has 1 unspecified atom stereocenters. The van der Waals surface area contributed by atoms with Crippen LogP contribution < -0.4 is 5.32 Å². The summed E-state index contributed by atoms with van der Waals surface area (Å²) in [6, 6.07) is 3.12. The molecule has 7 heteroatoms. The molecule has 2 N–H and O–H groups in total. The van der Waals surface area contributed by atoms with Crippen LogP contribution >= 0.6 is 22.9 Å². The molecule has 1 heterocycles. The van der Waals surface area contributed by atoms with Gasteiger partial charge in [0.05, 0.1) is 15.8 Å². The van der Waals surface area contributed by atoms with E-state index >= 15 is 0 Å². The van der Waals surface area contributed by atoms with Crippen molar-refractivity contribution in [3.8, 4) is 0 Å². The van der Waals surface area contributed by atoms with Crippen LogP contribution in [0, 0.1) is 0 Å². The second-order valence-electron chi connectivity index (χ2n) is 3.63. The van der Waals surface area contributed by atoms with Crippen molar-refractivity contribution in [1.82, 2.24) is 5.32 Å². The molecule has 1 atom stereocenters. The van der Waals surface area contributed by atoms with E-state index in [2.05, 4.69) is 5.32 Å². The standard InChI is InChI=1S/C10H12ClNO4S/c1-10(5-16-2,9(14)15)12-8(13)6-3-4-7(11)17-6/h3-4H,5H2,1-2H3,(H,12,13)(H,14,15). The fraction of sp³-hybridized carbons (Fsp3) is 0.400. The van der Waals surface area contributed by atoms with E-state index in [0.717, 1.165) is 11.3 Å². The number of amides is 1. The topological polar surface area (TPSA) is 75.6 Å². The van der Waals surface area contributed by atoms with Gasteiger partial charge in [0.15, 0.2) is 5.54 Å². The van der Waals surface area contributed by atoms with E-state index in [1.165, 1.54) is 20.1 Å². The van der Waals surface area contributed by atoms with E-state index in [4.69, 9.17) is 21.4 Å². The maximum absolute atomic E-state index is 11.8. The van der Waals surface area contributed by atoms with Gasteiger partial charge in [0.2, 0.25) is 0 Å². The summed E-state index contributed by atoms with van der Waals surface area (Å²) in [5.41, 5.74) is -1.46. The van der Waals surface area contributed by atoms with E-state index in [0.29, 0.717) is 9.21 Å². The molecule has 0 radical (unpaired) electrons. The van der Waals surface area contributed by atoms with Gasteiger partial charge in [-0.25, -0.2) is 4.79 Å². The van der Waals surface area contributed by atoms with Crippen LogP contribution in [0.1, 0.15) is 16.6 Å². The Morgan fingerprint density at radius 1 is 1.59 bits per heavy atom. The molecule has 5 nitrogen and oxygen atoms in total. The molecule has 0 saturated heterocycles. The maximum atomic E-state index is 11.8. The van der Waals surface area contributed by atoms with Gasteiger partial charge in [0.1, 0.15) is 0 Å². The zero-order chi connectivity index (χ0) is 13.1. The van der Waals surface area contributed by atoms with Crippen LogP contribution in [-0.4, -0.2) is 36.2 Å². The number of methoxy groups -OCH3 is 1. The number of hydrogen-bond acceptors (Lipinski definition) is 4.